The van der Waals surface area contributed by atoms with E-state index in [-0.39, 0.29) is 11.6 Å². The third kappa shape index (κ3) is 1.99. The van der Waals surface area contributed by atoms with Gasteiger partial charge in [-0.1, -0.05) is 6.92 Å². The summed E-state index contributed by atoms with van der Waals surface area (Å²) in [5, 5.41) is 0.897. The highest BCUT2D eigenvalue weighted by atomic mass is 32.1. The van der Waals surface area contributed by atoms with Gasteiger partial charge in [0.1, 0.15) is 4.83 Å². The van der Waals surface area contributed by atoms with Crippen molar-refractivity contribution < 1.29 is 0 Å². The maximum Gasteiger partial charge on any atom is 0.263 e. The van der Waals surface area contributed by atoms with Crippen molar-refractivity contribution in [2.24, 2.45) is 0 Å². The van der Waals surface area contributed by atoms with E-state index in [0.29, 0.717) is 4.77 Å². The van der Waals surface area contributed by atoms with E-state index in [1.54, 1.807) is 15.9 Å². The van der Waals surface area contributed by atoms with Gasteiger partial charge < -0.3 is 4.98 Å². The van der Waals surface area contributed by atoms with Crippen molar-refractivity contribution in [1.29, 1.82) is 0 Å². The first kappa shape index (κ1) is 13.1. The van der Waals surface area contributed by atoms with Gasteiger partial charge in [0, 0.05) is 10.9 Å². The number of aryl methyl sites for hydroxylation is 2. The van der Waals surface area contributed by atoms with Crippen LogP contribution < -0.4 is 5.56 Å². The largest absolute Gasteiger partial charge is 0.323 e. The Hall–Kier alpha value is -0.940. The molecule has 1 aliphatic carbocycles. The number of aromatic nitrogens is 2. The van der Waals surface area contributed by atoms with E-state index in [4.69, 9.17) is 12.2 Å². The third-order valence-electron chi connectivity index (χ3n) is 4.07. The molecule has 0 fully saturated rings. The number of hydrogen-bond donors (Lipinski definition) is 1. The van der Waals surface area contributed by atoms with Gasteiger partial charge in [-0.15, -0.1) is 11.3 Å². The highest BCUT2D eigenvalue weighted by Gasteiger charge is 2.21. The lowest BCUT2D eigenvalue weighted by molar-refractivity contribution is 0.504. The van der Waals surface area contributed by atoms with Crippen LogP contribution in [-0.2, 0) is 12.8 Å². The first-order valence-electron chi connectivity index (χ1n) is 6.92. The van der Waals surface area contributed by atoms with Crippen LogP contribution in [0.4, 0.5) is 0 Å². The molecule has 0 spiro atoms. The van der Waals surface area contributed by atoms with Crippen LogP contribution in [0, 0.1) is 4.77 Å². The van der Waals surface area contributed by atoms with E-state index in [9.17, 15) is 4.79 Å². The number of hydrogen-bond acceptors (Lipinski definition) is 3. The summed E-state index contributed by atoms with van der Waals surface area (Å²) < 4.78 is 2.31. The zero-order valence-corrected chi connectivity index (χ0v) is 12.9. The lowest BCUT2D eigenvalue weighted by Gasteiger charge is -2.14. The molecule has 0 saturated heterocycles. The van der Waals surface area contributed by atoms with Gasteiger partial charge in [0.15, 0.2) is 4.77 Å². The number of aromatic amines is 1. The highest BCUT2D eigenvalue weighted by Crippen LogP contribution is 2.33. The summed E-state index contributed by atoms with van der Waals surface area (Å²) in [5.74, 6) is 0. The zero-order valence-electron chi connectivity index (χ0n) is 11.3. The van der Waals surface area contributed by atoms with Crippen molar-refractivity contribution >= 4 is 33.8 Å². The highest BCUT2D eigenvalue weighted by molar-refractivity contribution is 7.71. The van der Waals surface area contributed by atoms with Gasteiger partial charge in [0.2, 0.25) is 0 Å². The summed E-state index contributed by atoms with van der Waals surface area (Å²) in [4.78, 5) is 18.4. The first-order chi connectivity index (χ1) is 9.13. The Kier molecular flexibility index (Phi) is 3.35. The minimum Gasteiger partial charge on any atom is -0.323 e. The van der Waals surface area contributed by atoms with Crippen molar-refractivity contribution in [1.82, 2.24) is 9.55 Å². The number of rotatable bonds is 2. The van der Waals surface area contributed by atoms with Crippen LogP contribution in [0.2, 0.25) is 0 Å². The van der Waals surface area contributed by atoms with Gasteiger partial charge in [-0.3, -0.25) is 9.36 Å². The SMILES string of the molecule is CC[C@@H](C)n1c(=S)[nH]c2sc3c(c2c1=O)CCCC3. The fourth-order valence-electron chi connectivity index (χ4n) is 2.83. The average Bonchev–Trinajstić information content (AvgIpc) is 2.76. The fourth-order valence-corrected chi connectivity index (χ4v) is 4.54. The van der Waals surface area contributed by atoms with Crippen LogP contribution in [0.25, 0.3) is 10.2 Å². The monoisotopic (exact) mass is 294 g/mol. The second kappa shape index (κ2) is 4.87. The molecule has 0 saturated carbocycles. The summed E-state index contributed by atoms with van der Waals surface area (Å²) in [6.07, 6.45) is 5.49. The zero-order chi connectivity index (χ0) is 13.6. The summed E-state index contributed by atoms with van der Waals surface area (Å²) in [7, 11) is 0. The van der Waals surface area contributed by atoms with Gasteiger partial charge in [-0.25, -0.2) is 0 Å². The van der Waals surface area contributed by atoms with Gasteiger partial charge >= 0.3 is 0 Å². The number of nitrogens with one attached hydrogen (secondary N) is 1. The average molecular weight is 294 g/mol. The Labute approximate surface area is 121 Å². The van der Waals surface area contributed by atoms with E-state index < -0.39 is 0 Å². The Morgan fingerprint density at radius 1 is 1.42 bits per heavy atom. The molecule has 1 atom stereocenters. The Morgan fingerprint density at radius 2 is 2.16 bits per heavy atom. The molecule has 102 valence electrons. The Bertz CT molecular complexity index is 738. The molecular weight excluding hydrogens is 276 g/mol. The van der Waals surface area contributed by atoms with Crippen LogP contribution >= 0.6 is 23.6 Å². The Morgan fingerprint density at radius 3 is 2.89 bits per heavy atom. The molecule has 1 N–H and O–H groups in total. The molecule has 2 aromatic rings. The van der Waals surface area contributed by atoms with E-state index in [1.165, 1.54) is 23.3 Å². The third-order valence-corrected chi connectivity index (χ3v) is 5.58. The molecule has 5 heteroatoms. The molecule has 3 nitrogen and oxygen atoms in total. The number of H-pyrrole nitrogens is 1. The van der Waals surface area contributed by atoms with Crippen LogP contribution in [0.5, 0.6) is 0 Å². The predicted octanol–water partition coefficient (Wildman–Crippen LogP) is 3.97. The topological polar surface area (TPSA) is 37.8 Å². The normalized spacial score (nSPS) is 16.5. The fraction of sp³-hybridized carbons (Fsp3) is 0.571. The van der Waals surface area contributed by atoms with Gasteiger partial charge in [-0.05, 0) is 56.8 Å². The quantitative estimate of drug-likeness (QED) is 0.851. The van der Waals surface area contributed by atoms with Crippen LogP contribution in [0.1, 0.15) is 49.6 Å². The molecule has 0 aliphatic heterocycles. The van der Waals surface area contributed by atoms with Gasteiger partial charge in [-0.2, -0.15) is 0 Å². The molecule has 2 aromatic heterocycles. The van der Waals surface area contributed by atoms with E-state index >= 15 is 0 Å². The van der Waals surface area contributed by atoms with Crippen molar-refractivity contribution in [2.45, 2.75) is 52.0 Å². The van der Waals surface area contributed by atoms with Crippen LogP contribution in [-0.4, -0.2) is 9.55 Å². The second-order valence-corrected chi connectivity index (χ2v) is 6.77. The molecule has 0 bridgehead atoms. The molecule has 0 amide bonds. The minimum atomic E-state index is 0.104. The van der Waals surface area contributed by atoms with Crippen molar-refractivity contribution in [3.05, 3.63) is 25.6 Å². The summed E-state index contributed by atoms with van der Waals surface area (Å²) in [5.41, 5.74) is 1.38. The van der Waals surface area contributed by atoms with Gasteiger partial charge in [0.05, 0.1) is 5.39 Å². The van der Waals surface area contributed by atoms with Crippen LogP contribution in [0.15, 0.2) is 4.79 Å². The molecular formula is C14H18N2OS2. The molecule has 2 heterocycles. The summed E-state index contributed by atoms with van der Waals surface area (Å²) in [6.45, 7) is 4.13. The molecule has 3 rings (SSSR count). The second-order valence-electron chi connectivity index (χ2n) is 5.28. The number of nitrogens with zero attached hydrogens (tertiary/aromatic N) is 1. The van der Waals surface area contributed by atoms with Crippen molar-refractivity contribution in [3.8, 4) is 0 Å². The number of thiophene rings is 1. The van der Waals surface area contributed by atoms with Crippen molar-refractivity contribution in [3.63, 3.8) is 0 Å². The number of fused-ring (bicyclic) bond motifs is 3. The minimum absolute atomic E-state index is 0.104. The molecule has 0 radical (unpaired) electrons. The van der Waals surface area contributed by atoms with Gasteiger partial charge in [0.25, 0.3) is 5.56 Å². The Balaban J connectivity index is 2.37. The summed E-state index contributed by atoms with van der Waals surface area (Å²) in [6, 6.07) is 0.153. The summed E-state index contributed by atoms with van der Waals surface area (Å²) >= 11 is 7.08. The van der Waals surface area contributed by atoms with E-state index in [0.717, 1.165) is 29.5 Å². The van der Waals surface area contributed by atoms with E-state index in [2.05, 4.69) is 18.8 Å². The van der Waals surface area contributed by atoms with Crippen LogP contribution in [0.3, 0.4) is 0 Å². The maximum atomic E-state index is 12.8. The lowest BCUT2D eigenvalue weighted by atomic mass is 9.97. The standard InChI is InChI=1S/C14H18N2OS2/c1-3-8(2)16-13(17)11-9-6-4-5-7-10(9)19-12(11)15-14(16)18/h8H,3-7H2,1-2H3,(H,15,18)/t8-/m1/s1. The maximum absolute atomic E-state index is 12.8. The molecule has 19 heavy (non-hydrogen) atoms. The molecule has 0 unspecified atom stereocenters. The predicted molar refractivity (Wildman–Crippen MR) is 82.9 cm³/mol. The van der Waals surface area contributed by atoms with Crippen molar-refractivity contribution in [2.75, 3.05) is 0 Å². The van der Waals surface area contributed by atoms with E-state index in [1.807, 2.05) is 0 Å². The first-order valence-corrected chi connectivity index (χ1v) is 8.15. The molecule has 1 aliphatic rings. The lowest BCUT2D eigenvalue weighted by Crippen LogP contribution is -2.25. The molecule has 0 aromatic carbocycles. The smallest absolute Gasteiger partial charge is 0.263 e.